The van der Waals surface area contributed by atoms with Crippen molar-refractivity contribution in [2.45, 2.75) is 193 Å². The molecule has 0 aliphatic carbocycles. The Labute approximate surface area is 363 Å². The number of carboxylic acids is 1. The molecule has 0 saturated heterocycles. The van der Waals surface area contributed by atoms with Crippen LogP contribution in [0, 0.1) is 0 Å². The van der Waals surface area contributed by atoms with Gasteiger partial charge in [0, 0.05) is 12.8 Å². The van der Waals surface area contributed by atoms with E-state index in [0.717, 1.165) is 77.0 Å². The van der Waals surface area contributed by atoms with Crippen molar-refractivity contribution in [2.75, 3.05) is 19.8 Å². The van der Waals surface area contributed by atoms with E-state index in [2.05, 4.69) is 92.1 Å². The summed E-state index contributed by atoms with van der Waals surface area (Å²) in [6.45, 7) is 2.50. The molecule has 0 radical (unpaired) electrons. The fraction of sp³-hybridized carbons (Fsp3) is 0.688. The topological polar surface area (TPSA) is 169 Å². The lowest BCUT2D eigenvalue weighted by molar-refractivity contribution is -0.147. The maximum absolute atomic E-state index is 12.3. The summed E-state index contributed by atoms with van der Waals surface area (Å²) < 4.78 is 26.8. The van der Waals surface area contributed by atoms with Crippen LogP contribution >= 0.6 is 7.82 Å². The zero-order valence-corrected chi connectivity index (χ0v) is 38.1. The second kappa shape index (κ2) is 42.6. The first kappa shape index (κ1) is 56.9. The Balaban J connectivity index is 3.97. The molecule has 0 fully saturated rings. The zero-order chi connectivity index (χ0) is 44.2. The van der Waals surface area contributed by atoms with E-state index in [4.69, 9.17) is 13.8 Å². The first-order chi connectivity index (χ1) is 29.1. The number of nitrogens with one attached hydrogen (secondary N) is 1. The summed E-state index contributed by atoms with van der Waals surface area (Å²) in [6, 6.07) is -1.57. The molecule has 0 aliphatic heterocycles. The van der Waals surface area contributed by atoms with Crippen molar-refractivity contribution in [1.29, 1.82) is 0 Å². The molecule has 12 heteroatoms. The van der Waals surface area contributed by atoms with E-state index in [1.807, 2.05) is 0 Å². The van der Waals surface area contributed by atoms with Crippen LogP contribution in [-0.2, 0) is 32.7 Å². The van der Waals surface area contributed by atoms with E-state index in [0.29, 0.717) is 12.8 Å². The summed E-state index contributed by atoms with van der Waals surface area (Å²) in [5, 5.41) is 21.8. The van der Waals surface area contributed by atoms with Crippen LogP contribution < -0.4 is 5.32 Å². The third-order valence-electron chi connectivity index (χ3n) is 9.47. The number of hydrogen-bond acceptors (Lipinski definition) is 8. The molecule has 1 amide bonds. The molecule has 344 valence electrons. The molecular weight excluding hydrogens is 781 g/mol. The maximum atomic E-state index is 12.3. The van der Waals surface area contributed by atoms with Crippen molar-refractivity contribution < 1.29 is 47.8 Å². The second-order valence-corrected chi connectivity index (χ2v) is 16.7. The van der Waals surface area contributed by atoms with Crippen LogP contribution in [0.5, 0.6) is 0 Å². The number of hydrogen-bond donors (Lipinski definition) is 4. The van der Waals surface area contributed by atoms with Crippen LogP contribution in [0.4, 0.5) is 0 Å². The molecule has 4 N–H and O–H groups in total. The molecule has 0 aromatic heterocycles. The Hall–Kier alpha value is -3.08. The number of allylic oxidation sites excluding steroid dienone is 12. The van der Waals surface area contributed by atoms with Gasteiger partial charge in [0.1, 0.15) is 12.7 Å². The number of carbonyl (C=O) groups excluding carboxylic acids is 2. The first-order valence-corrected chi connectivity index (χ1v) is 24.5. The van der Waals surface area contributed by atoms with Crippen LogP contribution in [-0.4, -0.2) is 64.9 Å². The highest BCUT2D eigenvalue weighted by molar-refractivity contribution is 7.47. The minimum atomic E-state index is -4.77. The Morgan fingerprint density at radius 1 is 0.533 bits per heavy atom. The Morgan fingerprint density at radius 3 is 1.38 bits per heavy atom. The lowest BCUT2D eigenvalue weighted by Crippen LogP contribution is -2.43. The van der Waals surface area contributed by atoms with E-state index in [1.165, 1.54) is 64.2 Å². The van der Waals surface area contributed by atoms with E-state index in [-0.39, 0.29) is 12.8 Å². The van der Waals surface area contributed by atoms with Crippen LogP contribution in [0.2, 0.25) is 0 Å². The van der Waals surface area contributed by atoms with Gasteiger partial charge in [0.25, 0.3) is 0 Å². The van der Waals surface area contributed by atoms with E-state index < -0.39 is 57.6 Å². The number of phosphoric acid groups is 1. The van der Waals surface area contributed by atoms with Crippen LogP contribution in [0.25, 0.3) is 0 Å². The summed E-state index contributed by atoms with van der Waals surface area (Å²) in [6.07, 6.45) is 50.6. The number of carboxylic acid groups (broad SMARTS) is 1. The van der Waals surface area contributed by atoms with Gasteiger partial charge < -0.3 is 25.2 Å². The van der Waals surface area contributed by atoms with Gasteiger partial charge in [-0.3, -0.25) is 18.6 Å². The number of esters is 1. The number of ether oxygens (including phenoxy) is 1. The fourth-order valence-corrected chi connectivity index (χ4v) is 6.63. The highest BCUT2D eigenvalue weighted by Crippen LogP contribution is 2.43. The standard InChI is InChI=1S/C48H82NO10P/c1-3-5-7-9-11-13-15-17-19-21-22-24-25-27-29-31-33-35-37-39-46(51)49-45(48(53)54)43-59-60(55,56)58-42-44(50)41-57-47(52)40-38-36-34-32-30-28-26-23-20-18-16-14-12-10-8-6-4-2/h11-14,17-20,22,24,27,29,44-45,50H,3-10,15-16,21,23,25-26,28,30-43H2,1-2H3,(H,49,51)(H,53,54)(H,55,56)/b13-11-,14-12-,19-17-,20-18-,24-22-,29-27-. The van der Waals surface area contributed by atoms with Gasteiger partial charge in [-0.05, 0) is 89.9 Å². The number of amides is 1. The van der Waals surface area contributed by atoms with E-state index in [9.17, 15) is 34.1 Å². The van der Waals surface area contributed by atoms with Crippen molar-refractivity contribution >= 4 is 25.7 Å². The summed E-state index contributed by atoms with van der Waals surface area (Å²) in [4.78, 5) is 46.0. The number of aliphatic hydroxyl groups is 1. The number of unbranched alkanes of at least 4 members (excludes halogenated alkanes) is 16. The van der Waals surface area contributed by atoms with Gasteiger partial charge in [0.05, 0.1) is 13.2 Å². The van der Waals surface area contributed by atoms with E-state index in [1.54, 1.807) is 0 Å². The van der Waals surface area contributed by atoms with Gasteiger partial charge >= 0.3 is 19.8 Å². The lowest BCUT2D eigenvalue weighted by atomic mass is 10.1. The van der Waals surface area contributed by atoms with Crippen molar-refractivity contribution in [3.05, 3.63) is 72.9 Å². The molecule has 11 nitrogen and oxygen atoms in total. The molecule has 0 rings (SSSR count). The summed E-state index contributed by atoms with van der Waals surface area (Å²) in [5.74, 6) is -2.43. The summed E-state index contributed by atoms with van der Waals surface area (Å²) in [5.41, 5.74) is 0. The fourth-order valence-electron chi connectivity index (χ4n) is 5.86. The molecule has 0 saturated carbocycles. The highest BCUT2D eigenvalue weighted by atomic mass is 31.2. The third-order valence-corrected chi connectivity index (χ3v) is 10.4. The van der Waals surface area contributed by atoms with Gasteiger partial charge in [-0.25, -0.2) is 9.36 Å². The normalized spacial score (nSPS) is 14.3. The predicted molar refractivity (Wildman–Crippen MR) is 244 cm³/mol. The largest absolute Gasteiger partial charge is 0.480 e. The third kappa shape index (κ3) is 41.6. The van der Waals surface area contributed by atoms with Gasteiger partial charge in [-0.15, -0.1) is 0 Å². The lowest BCUT2D eigenvalue weighted by Gasteiger charge is -2.18. The zero-order valence-electron chi connectivity index (χ0n) is 37.2. The molecule has 0 bridgehead atoms. The molecule has 0 spiro atoms. The summed E-state index contributed by atoms with van der Waals surface area (Å²) >= 11 is 0. The van der Waals surface area contributed by atoms with Crippen molar-refractivity contribution in [2.24, 2.45) is 0 Å². The monoisotopic (exact) mass is 864 g/mol. The summed E-state index contributed by atoms with van der Waals surface area (Å²) in [7, 11) is -4.77. The Morgan fingerprint density at radius 2 is 0.917 bits per heavy atom. The van der Waals surface area contributed by atoms with Gasteiger partial charge in [-0.2, -0.15) is 0 Å². The second-order valence-electron chi connectivity index (χ2n) is 15.2. The number of aliphatic carboxylic acids is 1. The Kier molecular flexibility index (Phi) is 40.4. The Bertz CT molecular complexity index is 1290. The molecular formula is C48H82NO10P. The molecule has 3 atom stereocenters. The highest BCUT2D eigenvalue weighted by Gasteiger charge is 2.28. The van der Waals surface area contributed by atoms with Crippen LogP contribution in [0.3, 0.4) is 0 Å². The number of carbonyl (C=O) groups is 3. The van der Waals surface area contributed by atoms with Crippen molar-refractivity contribution in [1.82, 2.24) is 5.32 Å². The van der Waals surface area contributed by atoms with Gasteiger partial charge in [0.2, 0.25) is 5.91 Å². The van der Waals surface area contributed by atoms with Gasteiger partial charge in [0.15, 0.2) is 6.04 Å². The quantitative estimate of drug-likeness (QED) is 0.0201. The molecule has 60 heavy (non-hydrogen) atoms. The van der Waals surface area contributed by atoms with Crippen LogP contribution in [0.1, 0.15) is 181 Å². The van der Waals surface area contributed by atoms with Crippen LogP contribution in [0.15, 0.2) is 72.9 Å². The maximum Gasteiger partial charge on any atom is 0.472 e. The van der Waals surface area contributed by atoms with Crippen molar-refractivity contribution in [3.63, 3.8) is 0 Å². The predicted octanol–water partition coefficient (Wildman–Crippen LogP) is 12.1. The molecule has 0 aliphatic rings. The van der Waals surface area contributed by atoms with Gasteiger partial charge in [-0.1, -0.05) is 151 Å². The minimum Gasteiger partial charge on any atom is -0.480 e. The van der Waals surface area contributed by atoms with E-state index >= 15 is 0 Å². The number of aliphatic hydroxyl groups excluding tert-OH is 1. The average molecular weight is 864 g/mol. The molecule has 0 heterocycles. The van der Waals surface area contributed by atoms with Crippen molar-refractivity contribution in [3.8, 4) is 0 Å². The molecule has 0 aromatic rings. The average Bonchev–Trinajstić information content (AvgIpc) is 3.22. The first-order valence-electron chi connectivity index (χ1n) is 23.0. The number of phosphoric ester groups is 1. The smallest absolute Gasteiger partial charge is 0.472 e. The molecule has 0 aromatic carbocycles. The minimum absolute atomic E-state index is 0.104. The SMILES string of the molecule is CCCCC/C=C\C/C=C\C/C=C\C/C=C\CCCCCC(=O)NC(COP(=O)(O)OCC(O)COC(=O)CCCCCCCCC/C=C\C/C=C\CCCCC)C(=O)O. The molecule has 3 unspecified atom stereocenters. The number of rotatable bonds is 42.